The fourth-order valence-electron chi connectivity index (χ4n) is 0.0774. The van der Waals surface area contributed by atoms with E-state index in [0.29, 0.717) is 0 Å². The monoisotopic (exact) mass is 103 g/mol. The summed E-state index contributed by atoms with van der Waals surface area (Å²) in [6.07, 6.45) is 0.910. The zero-order valence-corrected chi connectivity index (χ0v) is 3.57. The second kappa shape index (κ2) is 4.90. The summed E-state index contributed by atoms with van der Waals surface area (Å²) >= 11 is 0. The van der Waals surface area contributed by atoms with E-state index in [1.807, 2.05) is 0 Å². The van der Waals surface area contributed by atoms with E-state index in [-0.39, 0.29) is 0 Å². The van der Waals surface area contributed by atoms with Gasteiger partial charge in [0.25, 0.3) is 6.40 Å². The minimum atomic E-state index is 0.910. The van der Waals surface area contributed by atoms with Crippen LogP contribution in [0.15, 0.2) is 10.3 Å². The van der Waals surface area contributed by atoms with Crippen LogP contribution in [0.5, 0.6) is 0 Å². The number of rotatable bonds is 3. The Balaban J connectivity index is 2.92. The van der Waals surface area contributed by atoms with Crippen molar-refractivity contribution in [3.63, 3.8) is 0 Å². The predicted molar refractivity (Wildman–Crippen MR) is 24.4 cm³/mol. The van der Waals surface area contributed by atoms with Gasteiger partial charge in [-0.2, -0.15) is 0 Å². The first kappa shape index (κ1) is 5.90. The van der Waals surface area contributed by atoms with Crippen molar-refractivity contribution in [3.8, 4) is 0 Å². The molecule has 0 spiro atoms. The zero-order chi connectivity index (χ0) is 5.54. The van der Waals surface area contributed by atoms with Crippen molar-refractivity contribution in [3.05, 3.63) is 0 Å². The highest BCUT2D eigenvalue weighted by atomic mass is 16.8. The standard InChI is InChI=1S/C2H5N3O2/c1-4-6-2-5-7-3/h2H,1,3H2/b5-2-. The molecule has 0 aromatic heterocycles. The van der Waals surface area contributed by atoms with Crippen molar-refractivity contribution in [1.82, 2.24) is 0 Å². The molecular formula is C2H5N3O2. The Bertz CT molecular complexity index is 71.3. The maximum atomic E-state index is 4.43. The summed E-state index contributed by atoms with van der Waals surface area (Å²) in [7, 11) is 0. The van der Waals surface area contributed by atoms with Crippen LogP contribution >= 0.6 is 0 Å². The van der Waals surface area contributed by atoms with E-state index < -0.39 is 0 Å². The summed E-state index contributed by atoms with van der Waals surface area (Å²) in [5.74, 6) is 4.43. The highest BCUT2D eigenvalue weighted by Crippen LogP contribution is 1.63. The lowest BCUT2D eigenvalue weighted by atomic mass is 11.5. The van der Waals surface area contributed by atoms with E-state index in [1.54, 1.807) is 0 Å². The molecule has 0 atom stereocenters. The van der Waals surface area contributed by atoms with Crippen molar-refractivity contribution >= 4 is 13.1 Å². The minimum Gasteiger partial charge on any atom is -0.342 e. The average molecular weight is 103 g/mol. The average Bonchev–Trinajstić information content (AvgIpc) is 1.69. The highest BCUT2D eigenvalue weighted by molar-refractivity contribution is 5.45. The molecule has 0 aliphatic carbocycles. The van der Waals surface area contributed by atoms with Crippen molar-refractivity contribution < 1.29 is 9.78 Å². The molecule has 0 aliphatic rings. The van der Waals surface area contributed by atoms with Gasteiger partial charge in [0, 0.05) is 6.72 Å². The number of nitrogens with zero attached hydrogens (tertiary/aromatic N) is 2. The van der Waals surface area contributed by atoms with Gasteiger partial charge in [0.15, 0.2) is 0 Å². The quantitative estimate of drug-likeness (QED) is 0.296. The van der Waals surface area contributed by atoms with Crippen LogP contribution < -0.4 is 5.90 Å². The summed E-state index contributed by atoms with van der Waals surface area (Å²) in [5.41, 5.74) is 0. The molecule has 0 unspecified atom stereocenters. The molecule has 0 bridgehead atoms. The maximum absolute atomic E-state index is 4.43. The Morgan fingerprint density at radius 1 is 1.71 bits per heavy atom. The van der Waals surface area contributed by atoms with E-state index in [4.69, 9.17) is 0 Å². The molecule has 0 aromatic rings. The van der Waals surface area contributed by atoms with E-state index in [0.717, 1.165) is 6.40 Å². The lowest BCUT2D eigenvalue weighted by Crippen LogP contribution is -1.89. The third-order valence-electron chi connectivity index (χ3n) is 0.226. The van der Waals surface area contributed by atoms with E-state index in [2.05, 4.69) is 32.7 Å². The molecule has 0 aromatic carbocycles. The lowest BCUT2D eigenvalue weighted by Gasteiger charge is -1.80. The Kier molecular flexibility index (Phi) is 4.13. The van der Waals surface area contributed by atoms with Gasteiger partial charge in [0.1, 0.15) is 0 Å². The second-order valence-electron chi connectivity index (χ2n) is 0.551. The van der Waals surface area contributed by atoms with Gasteiger partial charge in [-0.3, -0.25) is 4.94 Å². The maximum Gasteiger partial charge on any atom is 0.250 e. The Morgan fingerprint density at radius 2 is 2.43 bits per heavy atom. The summed E-state index contributed by atoms with van der Waals surface area (Å²) in [5, 5.41) is 5.90. The highest BCUT2D eigenvalue weighted by Gasteiger charge is 1.62. The summed E-state index contributed by atoms with van der Waals surface area (Å²) < 4.78 is 0. The van der Waals surface area contributed by atoms with Gasteiger partial charge < -0.3 is 4.84 Å². The molecule has 0 aliphatic heterocycles. The van der Waals surface area contributed by atoms with Crippen LogP contribution in [0, 0.1) is 0 Å². The first-order valence-corrected chi connectivity index (χ1v) is 1.41. The van der Waals surface area contributed by atoms with Gasteiger partial charge in [-0.15, -0.1) is 5.90 Å². The largest absolute Gasteiger partial charge is 0.342 e. The van der Waals surface area contributed by atoms with Crippen molar-refractivity contribution in [2.45, 2.75) is 0 Å². The summed E-state index contributed by atoms with van der Waals surface area (Å²) in [4.78, 5) is 7.79. The molecule has 5 heteroatoms. The van der Waals surface area contributed by atoms with Crippen LogP contribution in [-0.4, -0.2) is 13.1 Å². The molecule has 40 valence electrons. The SMILES string of the molecule is C=NO/C=N\ON. The molecule has 5 nitrogen and oxygen atoms in total. The van der Waals surface area contributed by atoms with Gasteiger partial charge >= 0.3 is 0 Å². The molecule has 2 N–H and O–H groups in total. The first-order valence-electron chi connectivity index (χ1n) is 1.41. The fraction of sp³-hybridized carbons (Fsp3) is 0. The zero-order valence-electron chi connectivity index (χ0n) is 3.57. The summed E-state index contributed by atoms with van der Waals surface area (Å²) in [6.45, 7) is 2.97. The number of hydrogen-bond donors (Lipinski definition) is 1. The summed E-state index contributed by atoms with van der Waals surface area (Å²) in [6, 6.07) is 0. The lowest BCUT2D eigenvalue weighted by molar-refractivity contribution is 0.140. The van der Waals surface area contributed by atoms with Crippen molar-refractivity contribution in [1.29, 1.82) is 0 Å². The van der Waals surface area contributed by atoms with Crippen molar-refractivity contribution in [2.75, 3.05) is 0 Å². The van der Waals surface area contributed by atoms with Gasteiger partial charge in [-0.05, 0) is 5.16 Å². The van der Waals surface area contributed by atoms with Gasteiger partial charge in [0.05, 0.1) is 0 Å². The molecular weight excluding hydrogens is 98.0 g/mol. The van der Waals surface area contributed by atoms with Gasteiger partial charge in [-0.25, -0.2) is 0 Å². The van der Waals surface area contributed by atoms with Gasteiger partial charge in [0.2, 0.25) is 0 Å². The topological polar surface area (TPSA) is 69.2 Å². The first-order chi connectivity index (χ1) is 3.41. The molecule has 0 radical (unpaired) electrons. The molecule has 0 saturated carbocycles. The van der Waals surface area contributed by atoms with E-state index in [9.17, 15) is 0 Å². The molecule has 0 rings (SSSR count). The van der Waals surface area contributed by atoms with Crippen LogP contribution in [0.25, 0.3) is 0 Å². The predicted octanol–water partition coefficient (Wildman–Crippen LogP) is -0.548. The fourth-order valence-corrected chi connectivity index (χ4v) is 0.0774. The second-order valence-corrected chi connectivity index (χ2v) is 0.551. The molecule has 0 amide bonds. The molecule has 0 heterocycles. The smallest absolute Gasteiger partial charge is 0.250 e. The van der Waals surface area contributed by atoms with Crippen LogP contribution in [-0.2, 0) is 9.78 Å². The number of hydrogen-bond acceptors (Lipinski definition) is 5. The molecule has 0 fully saturated rings. The Labute approximate surface area is 40.3 Å². The van der Waals surface area contributed by atoms with Crippen LogP contribution in [0.4, 0.5) is 0 Å². The third kappa shape index (κ3) is 4.90. The molecule has 0 saturated heterocycles. The Hall–Kier alpha value is -1.10. The number of nitrogens with two attached hydrogens (primary N) is 1. The number of oxime groups is 2. The van der Waals surface area contributed by atoms with E-state index >= 15 is 0 Å². The van der Waals surface area contributed by atoms with Gasteiger partial charge in [-0.1, -0.05) is 5.16 Å². The van der Waals surface area contributed by atoms with Crippen LogP contribution in [0.2, 0.25) is 0 Å². The van der Waals surface area contributed by atoms with Crippen LogP contribution in [0.3, 0.4) is 0 Å². The normalized spacial score (nSPS) is 8.71. The third-order valence-corrected chi connectivity index (χ3v) is 0.226. The Morgan fingerprint density at radius 3 is 2.86 bits per heavy atom. The minimum absolute atomic E-state index is 0.910. The molecule has 7 heavy (non-hydrogen) atoms. The van der Waals surface area contributed by atoms with Crippen molar-refractivity contribution in [2.24, 2.45) is 16.2 Å². The van der Waals surface area contributed by atoms with Crippen LogP contribution in [0.1, 0.15) is 0 Å². The van der Waals surface area contributed by atoms with E-state index in [1.165, 1.54) is 0 Å².